The van der Waals surface area contributed by atoms with Gasteiger partial charge in [-0.25, -0.2) is 0 Å². The summed E-state index contributed by atoms with van der Waals surface area (Å²) >= 11 is 0. The van der Waals surface area contributed by atoms with Gasteiger partial charge in [0.25, 0.3) is 0 Å². The van der Waals surface area contributed by atoms with Crippen molar-refractivity contribution >= 4 is 0 Å². The predicted molar refractivity (Wildman–Crippen MR) is 92.0 cm³/mol. The fraction of sp³-hybridized carbons (Fsp3) is 0.400. The average Bonchev–Trinajstić information content (AvgIpc) is 2.43. The lowest BCUT2D eigenvalue weighted by Gasteiger charge is -2.23. The van der Waals surface area contributed by atoms with Gasteiger partial charge in [-0.1, -0.05) is 48.9 Å². The van der Waals surface area contributed by atoms with Crippen molar-refractivity contribution in [2.45, 2.75) is 47.1 Å². The van der Waals surface area contributed by atoms with Crippen molar-refractivity contribution in [1.82, 2.24) is 5.32 Å². The molecule has 0 aliphatic rings. The highest BCUT2D eigenvalue weighted by Crippen LogP contribution is 2.26. The van der Waals surface area contributed by atoms with Crippen molar-refractivity contribution < 1.29 is 0 Å². The molecular formula is C20H27N. The van der Waals surface area contributed by atoms with E-state index >= 15 is 0 Å². The third-order valence-corrected chi connectivity index (χ3v) is 4.27. The molecule has 1 nitrogen and oxygen atoms in total. The molecule has 112 valence electrons. The molecule has 1 atom stereocenters. The molecule has 2 aromatic rings. The summed E-state index contributed by atoms with van der Waals surface area (Å²) in [7, 11) is 0. The van der Waals surface area contributed by atoms with Gasteiger partial charge >= 0.3 is 0 Å². The van der Waals surface area contributed by atoms with Crippen molar-refractivity contribution in [3.8, 4) is 0 Å². The number of likely N-dealkylation sites (N-methyl/N-ethyl adjacent to an activating group) is 1. The number of rotatable bonds is 5. The Bertz CT molecular complexity index is 593. The molecule has 0 aliphatic carbocycles. The van der Waals surface area contributed by atoms with E-state index in [1.807, 2.05) is 0 Å². The van der Waals surface area contributed by atoms with Gasteiger partial charge in [-0.15, -0.1) is 0 Å². The quantitative estimate of drug-likeness (QED) is 0.829. The van der Waals surface area contributed by atoms with Gasteiger partial charge in [0.2, 0.25) is 0 Å². The lowest BCUT2D eigenvalue weighted by molar-refractivity contribution is 0.543. The van der Waals surface area contributed by atoms with Gasteiger partial charge in [-0.3, -0.25) is 0 Å². The van der Waals surface area contributed by atoms with Crippen LogP contribution < -0.4 is 5.32 Å². The molecule has 0 aromatic heterocycles. The first-order chi connectivity index (χ1) is 10.0. The van der Waals surface area contributed by atoms with E-state index < -0.39 is 0 Å². The van der Waals surface area contributed by atoms with Crippen LogP contribution in [0.15, 0.2) is 36.4 Å². The number of hydrogen-bond donors (Lipinski definition) is 1. The average molecular weight is 281 g/mol. The fourth-order valence-corrected chi connectivity index (χ4v) is 3.14. The van der Waals surface area contributed by atoms with Gasteiger partial charge in [0, 0.05) is 6.04 Å². The second kappa shape index (κ2) is 6.91. The van der Waals surface area contributed by atoms with Crippen LogP contribution in [-0.2, 0) is 6.42 Å². The Balaban J connectivity index is 2.38. The van der Waals surface area contributed by atoms with E-state index in [0.29, 0.717) is 6.04 Å². The van der Waals surface area contributed by atoms with Crippen molar-refractivity contribution in [2.75, 3.05) is 6.54 Å². The second-order valence-electron chi connectivity index (χ2n) is 6.05. The van der Waals surface area contributed by atoms with Crippen LogP contribution in [0, 0.1) is 27.7 Å². The van der Waals surface area contributed by atoms with Crippen LogP contribution in [-0.4, -0.2) is 6.54 Å². The van der Waals surface area contributed by atoms with Crippen molar-refractivity contribution in [1.29, 1.82) is 0 Å². The Kier molecular flexibility index (Phi) is 5.19. The predicted octanol–water partition coefficient (Wildman–Crippen LogP) is 4.81. The summed E-state index contributed by atoms with van der Waals surface area (Å²) in [4.78, 5) is 0. The lowest BCUT2D eigenvalue weighted by Crippen LogP contribution is -2.25. The maximum Gasteiger partial charge on any atom is 0.0366 e. The van der Waals surface area contributed by atoms with Crippen LogP contribution in [0.2, 0.25) is 0 Å². The minimum atomic E-state index is 0.386. The Morgan fingerprint density at radius 3 is 2.19 bits per heavy atom. The molecule has 2 aromatic carbocycles. The minimum absolute atomic E-state index is 0.386. The third-order valence-electron chi connectivity index (χ3n) is 4.27. The summed E-state index contributed by atoms with van der Waals surface area (Å²) in [6, 6.07) is 13.7. The van der Waals surface area contributed by atoms with E-state index in [2.05, 4.69) is 76.3 Å². The van der Waals surface area contributed by atoms with Crippen LogP contribution >= 0.6 is 0 Å². The molecule has 2 rings (SSSR count). The van der Waals surface area contributed by atoms with Crippen molar-refractivity contribution in [3.63, 3.8) is 0 Å². The first-order valence-electron chi connectivity index (χ1n) is 7.88. The number of benzene rings is 2. The summed E-state index contributed by atoms with van der Waals surface area (Å²) in [6.45, 7) is 12.0. The molecule has 0 amide bonds. The van der Waals surface area contributed by atoms with E-state index in [1.165, 1.54) is 33.4 Å². The molecule has 1 N–H and O–H groups in total. The smallest absolute Gasteiger partial charge is 0.0366 e. The first kappa shape index (κ1) is 15.8. The largest absolute Gasteiger partial charge is 0.310 e. The highest BCUT2D eigenvalue weighted by molar-refractivity contribution is 5.39. The van der Waals surface area contributed by atoms with E-state index in [1.54, 1.807) is 0 Å². The van der Waals surface area contributed by atoms with E-state index in [4.69, 9.17) is 0 Å². The van der Waals surface area contributed by atoms with Crippen molar-refractivity contribution in [2.24, 2.45) is 0 Å². The van der Waals surface area contributed by atoms with Gasteiger partial charge in [-0.2, -0.15) is 0 Å². The normalized spacial score (nSPS) is 12.4. The zero-order chi connectivity index (χ0) is 15.4. The molecule has 0 aliphatic heterocycles. The van der Waals surface area contributed by atoms with Crippen LogP contribution in [0.1, 0.15) is 46.3 Å². The zero-order valence-electron chi connectivity index (χ0n) is 14.0. The van der Waals surface area contributed by atoms with Crippen molar-refractivity contribution in [3.05, 3.63) is 69.8 Å². The standard InChI is InChI=1S/C20H27N/c1-6-21-19(20-16(4)8-7-9-17(20)5)13-18-12-14(2)10-11-15(18)3/h7-12,19,21H,6,13H2,1-5H3. The molecule has 0 spiro atoms. The number of aryl methyl sites for hydroxylation is 4. The molecule has 0 heterocycles. The fourth-order valence-electron chi connectivity index (χ4n) is 3.14. The molecule has 1 heteroatoms. The van der Waals surface area contributed by atoms with Crippen LogP contribution in [0.3, 0.4) is 0 Å². The summed E-state index contributed by atoms with van der Waals surface area (Å²) in [5.41, 5.74) is 8.39. The summed E-state index contributed by atoms with van der Waals surface area (Å²) in [5, 5.41) is 3.68. The molecule has 0 bridgehead atoms. The Morgan fingerprint density at radius 1 is 0.905 bits per heavy atom. The van der Waals surface area contributed by atoms with Gasteiger partial charge in [0.1, 0.15) is 0 Å². The van der Waals surface area contributed by atoms with Crippen LogP contribution in [0.5, 0.6) is 0 Å². The molecule has 0 saturated carbocycles. The van der Waals surface area contributed by atoms with Crippen LogP contribution in [0.4, 0.5) is 0 Å². The number of nitrogens with one attached hydrogen (secondary N) is 1. The molecular weight excluding hydrogens is 254 g/mol. The second-order valence-corrected chi connectivity index (χ2v) is 6.05. The first-order valence-corrected chi connectivity index (χ1v) is 7.88. The van der Waals surface area contributed by atoms with E-state index in [-0.39, 0.29) is 0 Å². The number of hydrogen-bond acceptors (Lipinski definition) is 1. The molecule has 0 fully saturated rings. The topological polar surface area (TPSA) is 12.0 Å². The minimum Gasteiger partial charge on any atom is -0.310 e. The molecule has 21 heavy (non-hydrogen) atoms. The molecule has 1 unspecified atom stereocenters. The lowest BCUT2D eigenvalue weighted by atomic mass is 9.90. The van der Waals surface area contributed by atoms with Crippen LogP contribution in [0.25, 0.3) is 0 Å². The Hall–Kier alpha value is -1.60. The Labute approximate surface area is 129 Å². The Morgan fingerprint density at radius 2 is 1.57 bits per heavy atom. The SMILES string of the molecule is CCNC(Cc1cc(C)ccc1C)c1c(C)cccc1C. The maximum absolute atomic E-state index is 3.68. The monoisotopic (exact) mass is 281 g/mol. The van der Waals surface area contributed by atoms with Gasteiger partial charge in [0.15, 0.2) is 0 Å². The third kappa shape index (κ3) is 3.74. The van der Waals surface area contributed by atoms with Gasteiger partial charge in [-0.05, 0) is 68.5 Å². The van der Waals surface area contributed by atoms with Gasteiger partial charge < -0.3 is 5.32 Å². The van der Waals surface area contributed by atoms with E-state index in [0.717, 1.165) is 13.0 Å². The van der Waals surface area contributed by atoms with E-state index in [9.17, 15) is 0 Å². The highest BCUT2D eigenvalue weighted by atomic mass is 14.9. The maximum atomic E-state index is 3.68. The summed E-state index contributed by atoms with van der Waals surface area (Å²) in [5.74, 6) is 0. The molecule has 0 saturated heterocycles. The summed E-state index contributed by atoms with van der Waals surface area (Å²) < 4.78 is 0. The summed E-state index contributed by atoms with van der Waals surface area (Å²) in [6.07, 6.45) is 1.05. The van der Waals surface area contributed by atoms with Gasteiger partial charge in [0.05, 0.1) is 0 Å². The molecule has 0 radical (unpaired) electrons. The highest BCUT2D eigenvalue weighted by Gasteiger charge is 2.16. The zero-order valence-corrected chi connectivity index (χ0v) is 14.0.